The van der Waals surface area contributed by atoms with Gasteiger partial charge in [0.15, 0.2) is 0 Å². The van der Waals surface area contributed by atoms with E-state index in [9.17, 15) is 4.79 Å². The normalized spacial score (nSPS) is 27.2. The number of methoxy groups -OCH3 is 1. The van der Waals surface area contributed by atoms with E-state index in [1.165, 1.54) is 0 Å². The van der Waals surface area contributed by atoms with Gasteiger partial charge < -0.3 is 15.0 Å². The standard InChI is InChI=1S/C14H18N2O2/c1-18-12-4-2-3-11(8-12)16-13-9-15-6-5-10(13)7-14(16)17/h2-4,8,10,13,15H,5-7,9H2,1H3. The highest BCUT2D eigenvalue weighted by Gasteiger charge is 2.41. The fourth-order valence-corrected chi connectivity index (χ4v) is 3.04. The van der Waals surface area contributed by atoms with Crippen LogP contribution in [0.3, 0.4) is 0 Å². The second-order valence-electron chi connectivity index (χ2n) is 4.99. The number of nitrogens with one attached hydrogen (secondary N) is 1. The zero-order valence-corrected chi connectivity index (χ0v) is 10.6. The molecule has 96 valence electrons. The Balaban J connectivity index is 1.91. The highest BCUT2D eigenvalue weighted by molar-refractivity contribution is 5.96. The van der Waals surface area contributed by atoms with Crippen molar-refractivity contribution in [1.82, 2.24) is 5.32 Å². The van der Waals surface area contributed by atoms with E-state index in [4.69, 9.17) is 4.74 Å². The van der Waals surface area contributed by atoms with Crippen molar-refractivity contribution in [3.05, 3.63) is 24.3 Å². The summed E-state index contributed by atoms with van der Waals surface area (Å²) >= 11 is 0. The Morgan fingerprint density at radius 1 is 1.44 bits per heavy atom. The van der Waals surface area contributed by atoms with E-state index >= 15 is 0 Å². The summed E-state index contributed by atoms with van der Waals surface area (Å²) in [6.07, 6.45) is 1.78. The van der Waals surface area contributed by atoms with Gasteiger partial charge in [-0.05, 0) is 31.0 Å². The van der Waals surface area contributed by atoms with Crippen LogP contribution < -0.4 is 15.0 Å². The second-order valence-corrected chi connectivity index (χ2v) is 4.99. The Morgan fingerprint density at radius 2 is 2.33 bits per heavy atom. The van der Waals surface area contributed by atoms with Crippen LogP contribution in [0.4, 0.5) is 5.69 Å². The fourth-order valence-electron chi connectivity index (χ4n) is 3.04. The van der Waals surface area contributed by atoms with Gasteiger partial charge in [-0.3, -0.25) is 4.79 Å². The SMILES string of the molecule is COc1cccc(N2C(=O)CC3CCNCC32)c1. The van der Waals surface area contributed by atoms with Crippen LogP contribution in [0.2, 0.25) is 0 Å². The van der Waals surface area contributed by atoms with Crippen LogP contribution >= 0.6 is 0 Å². The van der Waals surface area contributed by atoms with Gasteiger partial charge in [0, 0.05) is 24.7 Å². The molecule has 3 rings (SSSR count). The summed E-state index contributed by atoms with van der Waals surface area (Å²) in [6.45, 7) is 1.92. The van der Waals surface area contributed by atoms with E-state index < -0.39 is 0 Å². The molecule has 2 atom stereocenters. The van der Waals surface area contributed by atoms with Gasteiger partial charge in [0.2, 0.25) is 5.91 Å². The van der Waals surface area contributed by atoms with E-state index in [2.05, 4.69) is 5.32 Å². The zero-order valence-electron chi connectivity index (χ0n) is 10.6. The van der Waals surface area contributed by atoms with E-state index in [1.54, 1.807) is 7.11 Å². The highest BCUT2D eigenvalue weighted by Crippen LogP contribution is 2.35. The predicted molar refractivity (Wildman–Crippen MR) is 69.9 cm³/mol. The Labute approximate surface area is 107 Å². The number of hydrogen-bond acceptors (Lipinski definition) is 3. The van der Waals surface area contributed by atoms with Crippen LogP contribution in [0, 0.1) is 5.92 Å². The smallest absolute Gasteiger partial charge is 0.227 e. The first-order valence-electron chi connectivity index (χ1n) is 6.46. The van der Waals surface area contributed by atoms with Crippen molar-refractivity contribution in [3.8, 4) is 5.75 Å². The van der Waals surface area contributed by atoms with Gasteiger partial charge in [-0.2, -0.15) is 0 Å². The number of carbonyl (C=O) groups is 1. The number of anilines is 1. The van der Waals surface area contributed by atoms with Gasteiger partial charge in [-0.15, -0.1) is 0 Å². The molecule has 2 heterocycles. The molecule has 1 aromatic carbocycles. The van der Waals surface area contributed by atoms with E-state index in [0.29, 0.717) is 18.4 Å². The van der Waals surface area contributed by atoms with E-state index in [0.717, 1.165) is 30.9 Å². The number of nitrogens with zero attached hydrogens (tertiary/aromatic N) is 1. The molecule has 2 aliphatic heterocycles. The molecular weight excluding hydrogens is 228 g/mol. The van der Waals surface area contributed by atoms with Crippen molar-refractivity contribution in [2.45, 2.75) is 18.9 Å². The van der Waals surface area contributed by atoms with Gasteiger partial charge in [-0.1, -0.05) is 6.07 Å². The fraction of sp³-hybridized carbons (Fsp3) is 0.500. The molecule has 0 radical (unpaired) electrons. The van der Waals surface area contributed by atoms with E-state index in [1.807, 2.05) is 29.2 Å². The average molecular weight is 246 g/mol. The molecule has 18 heavy (non-hydrogen) atoms. The zero-order chi connectivity index (χ0) is 12.5. The van der Waals surface area contributed by atoms with Crippen LogP contribution in [0.5, 0.6) is 5.75 Å². The lowest BCUT2D eigenvalue weighted by atomic mass is 9.93. The summed E-state index contributed by atoms with van der Waals surface area (Å²) < 4.78 is 5.23. The molecule has 0 aromatic heterocycles. The summed E-state index contributed by atoms with van der Waals surface area (Å²) in [4.78, 5) is 14.1. The van der Waals surface area contributed by atoms with Crippen molar-refractivity contribution in [3.63, 3.8) is 0 Å². The van der Waals surface area contributed by atoms with Gasteiger partial charge >= 0.3 is 0 Å². The maximum absolute atomic E-state index is 12.2. The molecule has 2 fully saturated rings. The first kappa shape index (κ1) is 11.5. The molecule has 4 heteroatoms. The molecule has 0 aliphatic carbocycles. The minimum absolute atomic E-state index is 0.238. The number of ether oxygens (including phenoxy) is 1. The van der Waals surface area contributed by atoms with Gasteiger partial charge in [0.25, 0.3) is 0 Å². The number of fused-ring (bicyclic) bond motifs is 1. The van der Waals surface area contributed by atoms with Gasteiger partial charge in [0.1, 0.15) is 5.75 Å². The largest absolute Gasteiger partial charge is 0.497 e. The second kappa shape index (κ2) is 4.61. The third-order valence-corrected chi connectivity index (χ3v) is 3.96. The van der Waals surface area contributed by atoms with Crippen molar-refractivity contribution in [2.75, 3.05) is 25.1 Å². The number of carbonyl (C=O) groups excluding carboxylic acids is 1. The molecular formula is C14H18N2O2. The van der Waals surface area contributed by atoms with Crippen LogP contribution in [0.1, 0.15) is 12.8 Å². The van der Waals surface area contributed by atoms with Crippen molar-refractivity contribution in [1.29, 1.82) is 0 Å². The molecule has 2 unspecified atom stereocenters. The molecule has 0 spiro atoms. The van der Waals surface area contributed by atoms with Crippen molar-refractivity contribution >= 4 is 11.6 Å². The maximum atomic E-state index is 12.2. The quantitative estimate of drug-likeness (QED) is 0.858. The average Bonchev–Trinajstić information content (AvgIpc) is 2.74. The number of benzene rings is 1. The predicted octanol–water partition coefficient (Wildman–Crippen LogP) is 1.41. The first-order valence-corrected chi connectivity index (χ1v) is 6.46. The lowest BCUT2D eigenvalue weighted by Gasteiger charge is -2.32. The van der Waals surface area contributed by atoms with Gasteiger partial charge in [-0.25, -0.2) is 0 Å². The summed E-state index contributed by atoms with van der Waals surface area (Å²) in [6, 6.07) is 8.07. The van der Waals surface area contributed by atoms with Crippen LogP contribution in [0.15, 0.2) is 24.3 Å². The molecule has 1 amide bonds. The molecule has 2 saturated heterocycles. The summed E-state index contributed by atoms with van der Waals surface area (Å²) in [5, 5.41) is 3.38. The third kappa shape index (κ3) is 1.86. The van der Waals surface area contributed by atoms with Crippen LogP contribution in [-0.2, 0) is 4.79 Å². The number of amides is 1. The Kier molecular flexibility index (Phi) is 2.96. The minimum Gasteiger partial charge on any atom is -0.497 e. The first-order chi connectivity index (χ1) is 8.79. The lowest BCUT2D eigenvalue weighted by molar-refractivity contribution is -0.117. The highest BCUT2D eigenvalue weighted by atomic mass is 16.5. The molecule has 1 aromatic rings. The topological polar surface area (TPSA) is 41.6 Å². The maximum Gasteiger partial charge on any atom is 0.227 e. The van der Waals surface area contributed by atoms with Crippen molar-refractivity contribution < 1.29 is 9.53 Å². The summed E-state index contributed by atoms with van der Waals surface area (Å²) in [7, 11) is 1.65. The number of rotatable bonds is 2. The monoisotopic (exact) mass is 246 g/mol. The van der Waals surface area contributed by atoms with Crippen LogP contribution in [-0.4, -0.2) is 32.1 Å². The summed E-state index contributed by atoms with van der Waals surface area (Å²) in [5.74, 6) is 1.54. The lowest BCUT2D eigenvalue weighted by Crippen LogP contribution is -2.46. The molecule has 0 saturated carbocycles. The minimum atomic E-state index is 0.238. The Bertz CT molecular complexity index is 461. The third-order valence-electron chi connectivity index (χ3n) is 3.96. The molecule has 0 bridgehead atoms. The Morgan fingerprint density at radius 3 is 3.17 bits per heavy atom. The molecule has 2 aliphatic rings. The Hall–Kier alpha value is -1.55. The van der Waals surface area contributed by atoms with Crippen LogP contribution in [0.25, 0.3) is 0 Å². The van der Waals surface area contributed by atoms with E-state index in [-0.39, 0.29) is 5.91 Å². The number of hydrogen-bond donors (Lipinski definition) is 1. The number of piperidine rings is 1. The van der Waals surface area contributed by atoms with Crippen molar-refractivity contribution in [2.24, 2.45) is 5.92 Å². The molecule has 1 N–H and O–H groups in total. The summed E-state index contributed by atoms with van der Waals surface area (Å²) in [5.41, 5.74) is 0.954. The van der Waals surface area contributed by atoms with Gasteiger partial charge in [0.05, 0.1) is 13.2 Å². The molecule has 4 nitrogen and oxygen atoms in total.